The highest BCUT2D eigenvalue weighted by Gasteiger charge is 2.20. The number of methoxy groups -OCH3 is 2. The van der Waals surface area contributed by atoms with Gasteiger partial charge >= 0.3 is 0 Å². The molecule has 1 amide bonds. The van der Waals surface area contributed by atoms with E-state index in [4.69, 9.17) is 14.0 Å². The molecular formula is C24H28N4O4. The first-order valence-corrected chi connectivity index (χ1v) is 10.8. The summed E-state index contributed by atoms with van der Waals surface area (Å²) in [5.74, 6) is 2.72. The molecule has 0 aliphatic carbocycles. The van der Waals surface area contributed by atoms with Crippen molar-refractivity contribution in [1.82, 2.24) is 15.0 Å². The van der Waals surface area contributed by atoms with Crippen LogP contribution in [0.3, 0.4) is 0 Å². The number of benzene rings is 2. The van der Waals surface area contributed by atoms with Gasteiger partial charge in [-0.15, -0.1) is 0 Å². The minimum atomic E-state index is 0.116. The van der Waals surface area contributed by atoms with Crippen molar-refractivity contribution < 1.29 is 18.8 Å². The summed E-state index contributed by atoms with van der Waals surface area (Å²) in [6.07, 6.45) is 1.72. The van der Waals surface area contributed by atoms with Crippen LogP contribution in [0.1, 0.15) is 18.7 Å². The highest BCUT2D eigenvalue weighted by Crippen LogP contribution is 2.22. The molecule has 0 spiro atoms. The van der Waals surface area contributed by atoms with Crippen LogP contribution in [0.5, 0.6) is 11.5 Å². The van der Waals surface area contributed by atoms with Crippen molar-refractivity contribution >= 4 is 11.6 Å². The average molecular weight is 437 g/mol. The number of ether oxygens (including phenoxy) is 2. The van der Waals surface area contributed by atoms with Gasteiger partial charge < -0.3 is 23.8 Å². The molecule has 0 saturated carbocycles. The number of hydrogen-bond acceptors (Lipinski definition) is 7. The maximum Gasteiger partial charge on any atom is 0.227 e. The molecule has 1 aliphatic rings. The Morgan fingerprint density at radius 3 is 2.31 bits per heavy atom. The number of hydrogen-bond donors (Lipinski definition) is 0. The van der Waals surface area contributed by atoms with E-state index in [1.807, 2.05) is 41.3 Å². The highest BCUT2D eigenvalue weighted by atomic mass is 16.5. The topological polar surface area (TPSA) is 80.9 Å². The number of nitrogens with zero attached hydrogens (tertiary/aromatic N) is 4. The molecular weight excluding hydrogens is 408 g/mol. The van der Waals surface area contributed by atoms with Gasteiger partial charge in [0, 0.05) is 50.3 Å². The summed E-state index contributed by atoms with van der Waals surface area (Å²) in [6, 6.07) is 15.5. The van der Waals surface area contributed by atoms with E-state index in [-0.39, 0.29) is 5.91 Å². The van der Waals surface area contributed by atoms with Gasteiger partial charge in [-0.3, -0.25) is 4.79 Å². The van der Waals surface area contributed by atoms with Crippen LogP contribution in [-0.2, 0) is 11.2 Å². The zero-order valence-electron chi connectivity index (χ0n) is 18.5. The van der Waals surface area contributed by atoms with E-state index in [1.165, 1.54) is 0 Å². The standard InChI is InChI=1S/C24H28N4O4/c1-30-20-8-4-18(5-9-20)24-25-22(32-26-24)12-13-23(29)28-15-3-14-27(16-17-28)19-6-10-21(31-2)11-7-19/h4-11H,3,12-17H2,1-2H3. The van der Waals surface area contributed by atoms with Gasteiger partial charge in [0.1, 0.15) is 11.5 Å². The van der Waals surface area contributed by atoms with Gasteiger partial charge in [0.2, 0.25) is 17.6 Å². The Kier molecular flexibility index (Phi) is 6.89. The molecule has 8 heteroatoms. The third kappa shape index (κ3) is 5.19. The fourth-order valence-corrected chi connectivity index (χ4v) is 3.80. The zero-order valence-corrected chi connectivity index (χ0v) is 18.5. The lowest BCUT2D eigenvalue weighted by Gasteiger charge is -2.24. The first-order valence-electron chi connectivity index (χ1n) is 10.8. The smallest absolute Gasteiger partial charge is 0.227 e. The zero-order chi connectivity index (χ0) is 22.3. The van der Waals surface area contributed by atoms with E-state index in [1.54, 1.807) is 14.2 Å². The van der Waals surface area contributed by atoms with Crippen molar-refractivity contribution in [2.24, 2.45) is 0 Å². The van der Waals surface area contributed by atoms with Crippen molar-refractivity contribution in [2.45, 2.75) is 19.3 Å². The number of aryl methyl sites for hydroxylation is 1. The van der Waals surface area contributed by atoms with Crippen molar-refractivity contribution in [3.8, 4) is 22.9 Å². The monoisotopic (exact) mass is 436 g/mol. The molecule has 168 valence electrons. The molecule has 0 atom stereocenters. The maximum absolute atomic E-state index is 12.8. The Hall–Kier alpha value is -3.55. The van der Waals surface area contributed by atoms with E-state index < -0.39 is 0 Å². The highest BCUT2D eigenvalue weighted by molar-refractivity contribution is 5.76. The van der Waals surface area contributed by atoms with Crippen molar-refractivity contribution in [2.75, 3.05) is 45.3 Å². The van der Waals surface area contributed by atoms with Crippen LogP contribution in [-0.4, -0.2) is 61.3 Å². The Morgan fingerprint density at radius 1 is 0.938 bits per heavy atom. The van der Waals surface area contributed by atoms with Gasteiger partial charge in [-0.25, -0.2) is 0 Å². The van der Waals surface area contributed by atoms with Crippen LogP contribution >= 0.6 is 0 Å². The summed E-state index contributed by atoms with van der Waals surface area (Å²) >= 11 is 0. The van der Waals surface area contributed by atoms with E-state index in [9.17, 15) is 4.79 Å². The van der Waals surface area contributed by atoms with Crippen LogP contribution in [0.25, 0.3) is 11.4 Å². The number of carbonyl (C=O) groups excluding carboxylic acids is 1. The summed E-state index contributed by atoms with van der Waals surface area (Å²) in [5.41, 5.74) is 2.00. The number of rotatable bonds is 7. The molecule has 0 N–H and O–H groups in total. The molecule has 0 unspecified atom stereocenters. The van der Waals surface area contributed by atoms with Crippen molar-refractivity contribution in [3.05, 3.63) is 54.4 Å². The van der Waals surface area contributed by atoms with Gasteiger partial charge in [0.15, 0.2) is 0 Å². The third-order valence-corrected chi connectivity index (χ3v) is 5.66. The quantitative estimate of drug-likeness (QED) is 0.561. The van der Waals surface area contributed by atoms with Crippen molar-refractivity contribution in [3.63, 3.8) is 0 Å². The number of aromatic nitrogens is 2. The largest absolute Gasteiger partial charge is 0.497 e. The second-order valence-corrected chi connectivity index (χ2v) is 7.66. The molecule has 1 aliphatic heterocycles. The van der Waals surface area contributed by atoms with Crippen LogP contribution < -0.4 is 14.4 Å². The van der Waals surface area contributed by atoms with Crippen molar-refractivity contribution in [1.29, 1.82) is 0 Å². The Bertz CT molecular complexity index is 1020. The normalized spacial score (nSPS) is 14.2. The third-order valence-electron chi connectivity index (χ3n) is 5.66. The molecule has 0 radical (unpaired) electrons. The molecule has 3 aromatic rings. The Balaban J connectivity index is 1.29. The number of carbonyl (C=O) groups is 1. The predicted molar refractivity (Wildman–Crippen MR) is 121 cm³/mol. The predicted octanol–water partition coefficient (Wildman–Crippen LogP) is 3.43. The lowest BCUT2D eigenvalue weighted by Crippen LogP contribution is -2.35. The molecule has 8 nitrogen and oxygen atoms in total. The molecule has 4 rings (SSSR count). The summed E-state index contributed by atoms with van der Waals surface area (Å²) in [6.45, 7) is 3.18. The average Bonchev–Trinajstić information content (AvgIpc) is 3.18. The van der Waals surface area contributed by atoms with Gasteiger partial charge in [-0.2, -0.15) is 4.98 Å². The fourth-order valence-electron chi connectivity index (χ4n) is 3.80. The lowest BCUT2D eigenvalue weighted by molar-refractivity contribution is -0.131. The second-order valence-electron chi connectivity index (χ2n) is 7.66. The minimum Gasteiger partial charge on any atom is -0.497 e. The summed E-state index contributed by atoms with van der Waals surface area (Å²) < 4.78 is 15.8. The Morgan fingerprint density at radius 2 is 1.62 bits per heavy atom. The Labute approximate surface area is 187 Å². The SMILES string of the molecule is COc1ccc(-c2noc(CCC(=O)N3CCCN(c4ccc(OC)cc4)CC3)n2)cc1. The molecule has 2 aromatic carbocycles. The van der Waals surface area contributed by atoms with E-state index in [0.717, 1.165) is 48.8 Å². The molecule has 32 heavy (non-hydrogen) atoms. The summed E-state index contributed by atoms with van der Waals surface area (Å²) in [7, 11) is 3.29. The van der Waals surface area contributed by atoms with Crippen LogP contribution in [0.15, 0.2) is 53.1 Å². The van der Waals surface area contributed by atoms with Gasteiger partial charge in [0.25, 0.3) is 0 Å². The van der Waals surface area contributed by atoms with Crippen LogP contribution in [0, 0.1) is 0 Å². The first kappa shape index (κ1) is 21.7. The summed E-state index contributed by atoms with van der Waals surface area (Å²) in [5, 5.41) is 4.04. The fraction of sp³-hybridized carbons (Fsp3) is 0.375. The van der Waals surface area contributed by atoms with Crippen LogP contribution in [0.2, 0.25) is 0 Å². The molecule has 0 bridgehead atoms. The van der Waals surface area contributed by atoms with E-state index in [0.29, 0.717) is 31.1 Å². The molecule has 1 saturated heterocycles. The first-order chi connectivity index (χ1) is 15.7. The second kappa shape index (κ2) is 10.2. The van der Waals surface area contributed by atoms with Gasteiger partial charge in [-0.05, 0) is 55.0 Å². The number of amides is 1. The number of anilines is 1. The lowest BCUT2D eigenvalue weighted by atomic mass is 10.2. The van der Waals surface area contributed by atoms with Crippen LogP contribution in [0.4, 0.5) is 5.69 Å². The van der Waals surface area contributed by atoms with E-state index >= 15 is 0 Å². The molecule has 1 aromatic heterocycles. The molecule has 1 fully saturated rings. The van der Waals surface area contributed by atoms with E-state index in [2.05, 4.69) is 27.2 Å². The van der Waals surface area contributed by atoms with Gasteiger partial charge in [-0.1, -0.05) is 5.16 Å². The molecule has 2 heterocycles. The maximum atomic E-state index is 12.8. The summed E-state index contributed by atoms with van der Waals surface area (Å²) in [4.78, 5) is 21.5. The minimum absolute atomic E-state index is 0.116. The van der Waals surface area contributed by atoms with Gasteiger partial charge in [0.05, 0.1) is 14.2 Å².